The third-order valence-electron chi connectivity index (χ3n) is 4.37. The molecule has 0 aromatic heterocycles. The van der Waals surface area contributed by atoms with Crippen LogP contribution in [0, 0.1) is 18.7 Å². The van der Waals surface area contributed by atoms with Gasteiger partial charge in [-0.3, -0.25) is 24.1 Å². The van der Waals surface area contributed by atoms with Gasteiger partial charge in [0.15, 0.2) is 0 Å². The molecule has 26 heavy (non-hydrogen) atoms. The lowest BCUT2D eigenvalue weighted by molar-refractivity contribution is -0.127. The van der Waals surface area contributed by atoms with Gasteiger partial charge < -0.3 is 10.2 Å². The summed E-state index contributed by atoms with van der Waals surface area (Å²) < 4.78 is 14.1. The number of nitrogens with zero attached hydrogens (tertiary/aromatic N) is 2. The van der Waals surface area contributed by atoms with Crippen molar-refractivity contribution in [2.24, 2.45) is 5.92 Å². The number of halogens is 1. The molecule has 0 spiro atoms. The molecule has 1 unspecified atom stereocenters. The first-order valence-corrected chi connectivity index (χ1v) is 9.16. The van der Waals surface area contributed by atoms with E-state index < -0.39 is 11.7 Å². The molecule has 3 rings (SSSR count). The minimum Gasteiger partial charge on any atom is -0.354 e. The quantitative estimate of drug-likeness (QED) is 0.833. The van der Waals surface area contributed by atoms with Gasteiger partial charge in [0.2, 0.25) is 17.7 Å². The topological polar surface area (TPSA) is 86.8 Å². The first-order valence-electron chi connectivity index (χ1n) is 8.18. The maximum Gasteiger partial charge on any atom is 0.288 e. The van der Waals surface area contributed by atoms with Crippen LogP contribution in [0.3, 0.4) is 0 Å². The van der Waals surface area contributed by atoms with Crippen LogP contribution in [0.25, 0.3) is 0 Å². The summed E-state index contributed by atoms with van der Waals surface area (Å²) in [7, 11) is 0. The molecule has 2 fully saturated rings. The summed E-state index contributed by atoms with van der Waals surface area (Å²) in [6, 6.07) is 4.59. The number of carbonyl (C=O) groups excluding carboxylic acids is 4. The first kappa shape index (κ1) is 18.4. The van der Waals surface area contributed by atoms with Gasteiger partial charge in [-0.1, -0.05) is 17.8 Å². The van der Waals surface area contributed by atoms with Gasteiger partial charge in [0.1, 0.15) is 5.82 Å². The molecular formula is C17H18FN3O4S. The minimum atomic E-state index is -0.595. The molecule has 2 aliphatic rings. The van der Waals surface area contributed by atoms with Crippen molar-refractivity contribution >= 4 is 40.4 Å². The summed E-state index contributed by atoms with van der Waals surface area (Å²) in [4.78, 5) is 49.8. The SMILES string of the molecule is Cc1ccc(N2CC(C(=O)NCCN3C(=O)CSC3=O)CC2=O)c(F)c1. The Morgan fingerprint density at radius 2 is 2.08 bits per heavy atom. The van der Waals surface area contributed by atoms with E-state index in [1.165, 1.54) is 17.0 Å². The largest absolute Gasteiger partial charge is 0.354 e. The number of hydrogen-bond acceptors (Lipinski definition) is 5. The summed E-state index contributed by atoms with van der Waals surface area (Å²) in [6.07, 6.45) is -0.00340. The Labute approximate surface area is 153 Å². The molecule has 2 saturated heterocycles. The first-order chi connectivity index (χ1) is 12.4. The smallest absolute Gasteiger partial charge is 0.288 e. The van der Waals surface area contributed by atoms with Crippen molar-refractivity contribution in [3.05, 3.63) is 29.6 Å². The van der Waals surface area contributed by atoms with Gasteiger partial charge in [-0.25, -0.2) is 4.39 Å². The van der Waals surface area contributed by atoms with Gasteiger partial charge in [-0.15, -0.1) is 0 Å². The number of carbonyl (C=O) groups is 4. The maximum absolute atomic E-state index is 14.1. The maximum atomic E-state index is 14.1. The summed E-state index contributed by atoms with van der Waals surface area (Å²) in [6.45, 7) is 2.08. The third kappa shape index (κ3) is 3.72. The number of nitrogens with one attached hydrogen (secondary N) is 1. The zero-order chi connectivity index (χ0) is 18.8. The number of rotatable bonds is 5. The fraction of sp³-hybridized carbons (Fsp3) is 0.412. The zero-order valence-electron chi connectivity index (χ0n) is 14.2. The fourth-order valence-corrected chi connectivity index (χ4v) is 3.73. The molecule has 1 aromatic carbocycles. The van der Waals surface area contributed by atoms with Crippen LogP contribution in [0.5, 0.6) is 0 Å². The summed E-state index contributed by atoms with van der Waals surface area (Å²) in [5.74, 6) is -1.90. The lowest BCUT2D eigenvalue weighted by atomic mass is 10.1. The number of benzene rings is 1. The Hall–Kier alpha value is -2.42. The van der Waals surface area contributed by atoms with E-state index in [0.29, 0.717) is 0 Å². The van der Waals surface area contributed by atoms with Gasteiger partial charge in [0, 0.05) is 26.1 Å². The van der Waals surface area contributed by atoms with E-state index >= 15 is 0 Å². The van der Waals surface area contributed by atoms with Crippen molar-refractivity contribution in [1.82, 2.24) is 10.2 Å². The summed E-state index contributed by atoms with van der Waals surface area (Å²) in [5, 5.41) is 2.32. The summed E-state index contributed by atoms with van der Waals surface area (Å²) >= 11 is 0.936. The molecule has 1 aromatic rings. The van der Waals surface area contributed by atoms with E-state index in [0.717, 1.165) is 22.2 Å². The lowest BCUT2D eigenvalue weighted by Crippen LogP contribution is -2.40. The van der Waals surface area contributed by atoms with Crippen LogP contribution in [0.4, 0.5) is 14.9 Å². The number of amides is 4. The van der Waals surface area contributed by atoms with Crippen molar-refractivity contribution < 1.29 is 23.6 Å². The normalized spacial score (nSPS) is 20.2. The van der Waals surface area contributed by atoms with Gasteiger partial charge in [-0.05, 0) is 24.6 Å². The second kappa shape index (κ2) is 7.45. The van der Waals surface area contributed by atoms with Crippen molar-refractivity contribution in [2.75, 3.05) is 30.3 Å². The van der Waals surface area contributed by atoms with E-state index in [2.05, 4.69) is 5.32 Å². The zero-order valence-corrected chi connectivity index (χ0v) is 15.0. The lowest BCUT2D eigenvalue weighted by Gasteiger charge is -2.18. The number of anilines is 1. The van der Waals surface area contributed by atoms with Crippen molar-refractivity contribution in [3.8, 4) is 0 Å². The molecule has 1 atom stereocenters. The van der Waals surface area contributed by atoms with E-state index in [4.69, 9.17) is 0 Å². The Kier molecular flexibility index (Phi) is 5.26. The number of aryl methyl sites for hydroxylation is 1. The third-order valence-corrected chi connectivity index (χ3v) is 5.22. The molecule has 0 saturated carbocycles. The van der Waals surface area contributed by atoms with Crippen LogP contribution in [-0.4, -0.2) is 53.2 Å². The molecule has 0 aliphatic carbocycles. The van der Waals surface area contributed by atoms with Crippen LogP contribution in [-0.2, 0) is 14.4 Å². The predicted octanol–water partition coefficient (Wildman–Crippen LogP) is 1.30. The van der Waals surface area contributed by atoms with Crippen LogP contribution < -0.4 is 10.2 Å². The van der Waals surface area contributed by atoms with Crippen molar-refractivity contribution in [2.45, 2.75) is 13.3 Å². The number of thioether (sulfide) groups is 1. The van der Waals surface area contributed by atoms with Gasteiger partial charge in [0.05, 0.1) is 17.4 Å². The highest BCUT2D eigenvalue weighted by molar-refractivity contribution is 8.14. The highest BCUT2D eigenvalue weighted by Gasteiger charge is 2.36. The van der Waals surface area contributed by atoms with E-state index in [1.54, 1.807) is 13.0 Å². The highest BCUT2D eigenvalue weighted by Crippen LogP contribution is 2.28. The molecule has 7 nitrogen and oxygen atoms in total. The second-order valence-electron chi connectivity index (χ2n) is 6.25. The van der Waals surface area contributed by atoms with E-state index in [9.17, 15) is 23.6 Å². The molecule has 0 radical (unpaired) electrons. The molecule has 4 amide bonds. The molecule has 138 valence electrons. The number of imide groups is 1. The fourth-order valence-electron chi connectivity index (χ4n) is 2.98. The second-order valence-corrected chi connectivity index (χ2v) is 7.18. The Morgan fingerprint density at radius 3 is 2.73 bits per heavy atom. The van der Waals surface area contributed by atoms with Gasteiger partial charge in [0.25, 0.3) is 5.24 Å². The highest BCUT2D eigenvalue weighted by atomic mass is 32.2. The molecular weight excluding hydrogens is 361 g/mol. The monoisotopic (exact) mass is 379 g/mol. The Balaban J connectivity index is 1.55. The molecule has 9 heteroatoms. The average Bonchev–Trinajstić information content (AvgIpc) is 3.12. The van der Waals surface area contributed by atoms with E-state index in [-0.39, 0.29) is 60.5 Å². The van der Waals surface area contributed by atoms with Gasteiger partial charge >= 0.3 is 0 Å². The standard InChI is InChI=1S/C17H18FN3O4S/c1-10-2-3-13(12(18)6-10)21-8-11(7-14(21)22)16(24)19-4-5-20-15(23)9-26-17(20)25/h2-3,6,11H,4-5,7-9H2,1H3,(H,19,24). The molecule has 0 bridgehead atoms. The number of hydrogen-bond donors (Lipinski definition) is 1. The Morgan fingerprint density at radius 1 is 1.31 bits per heavy atom. The van der Waals surface area contributed by atoms with Crippen LogP contribution in [0.2, 0.25) is 0 Å². The Bertz CT molecular complexity index is 769. The van der Waals surface area contributed by atoms with Crippen LogP contribution >= 0.6 is 11.8 Å². The van der Waals surface area contributed by atoms with Gasteiger partial charge in [-0.2, -0.15) is 0 Å². The average molecular weight is 379 g/mol. The van der Waals surface area contributed by atoms with E-state index in [1.807, 2.05) is 0 Å². The molecule has 2 heterocycles. The van der Waals surface area contributed by atoms with Crippen LogP contribution in [0.15, 0.2) is 18.2 Å². The van der Waals surface area contributed by atoms with Crippen molar-refractivity contribution in [3.63, 3.8) is 0 Å². The summed E-state index contributed by atoms with van der Waals surface area (Å²) in [5.41, 5.74) is 0.914. The van der Waals surface area contributed by atoms with Crippen molar-refractivity contribution in [1.29, 1.82) is 0 Å². The molecule has 2 aliphatic heterocycles. The molecule has 1 N–H and O–H groups in total. The van der Waals surface area contributed by atoms with Crippen LogP contribution in [0.1, 0.15) is 12.0 Å². The minimum absolute atomic E-state index is 0.00340. The predicted molar refractivity (Wildman–Crippen MR) is 94.2 cm³/mol.